The summed E-state index contributed by atoms with van der Waals surface area (Å²) in [5.41, 5.74) is 3.97. The molecule has 1 aliphatic heterocycles. The highest BCUT2D eigenvalue weighted by Crippen LogP contribution is 2.27. The molecule has 1 aliphatic rings. The van der Waals surface area contributed by atoms with Gasteiger partial charge in [0.25, 0.3) is 0 Å². The first kappa shape index (κ1) is 21.6. The highest BCUT2D eigenvalue weighted by atomic mass is 16.5. The molecule has 1 unspecified atom stereocenters. The fourth-order valence-corrected chi connectivity index (χ4v) is 3.87. The maximum atomic E-state index is 12.3. The molecule has 0 bridgehead atoms. The molecule has 0 saturated carbocycles. The summed E-state index contributed by atoms with van der Waals surface area (Å²) in [7, 11) is 1.39. The molecule has 30 heavy (non-hydrogen) atoms. The standard InChI is InChI=1S/C25H30N2O3/c1-4-6-9-20-16-23(28)27-25(5-2,26-20)17-18-12-14-19(15-13-18)21-10-7-8-11-22(21)24(29)30-3/h7-8,10-16,26H,4-6,9,17H2,1-3H3,(H,27,28). The number of carbonyl (C=O) groups excluding carboxylic acids is 2. The number of rotatable bonds is 8. The molecule has 0 fully saturated rings. The molecule has 2 aromatic rings. The van der Waals surface area contributed by atoms with Crippen LogP contribution >= 0.6 is 0 Å². The Bertz CT molecular complexity index is 934. The Morgan fingerprint density at radius 1 is 1.03 bits per heavy atom. The number of amides is 1. The van der Waals surface area contributed by atoms with Crippen molar-refractivity contribution < 1.29 is 14.3 Å². The number of ether oxygens (including phenoxy) is 1. The summed E-state index contributed by atoms with van der Waals surface area (Å²) >= 11 is 0. The molecule has 0 spiro atoms. The second kappa shape index (κ2) is 9.61. The maximum absolute atomic E-state index is 12.3. The number of hydrogen-bond acceptors (Lipinski definition) is 4. The van der Waals surface area contributed by atoms with Gasteiger partial charge in [0, 0.05) is 18.2 Å². The molecule has 5 nitrogen and oxygen atoms in total. The van der Waals surface area contributed by atoms with E-state index in [0.717, 1.165) is 48.1 Å². The molecular formula is C25H30N2O3. The molecule has 2 aromatic carbocycles. The predicted octanol–water partition coefficient (Wildman–Crippen LogP) is 4.58. The van der Waals surface area contributed by atoms with Gasteiger partial charge in [0.2, 0.25) is 5.91 Å². The van der Waals surface area contributed by atoms with Crippen molar-refractivity contribution in [1.29, 1.82) is 0 Å². The zero-order valence-corrected chi connectivity index (χ0v) is 18.0. The quantitative estimate of drug-likeness (QED) is 0.630. The van der Waals surface area contributed by atoms with Crippen LogP contribution in [0.4, 0.5) is 0 Å². The number of carbonyl (C=O) groups is 2. The third kappa shape index (κ3) is 4.90. The number of nitrogens with one attached hydrogen (secondary N) is 2. The summed E-state index contributed by atoms with van der Waals surface area (Å²) in [5.74, 6) is -0.384. The van der Waals surface area contributed by atoms with E-state index in [9.17, 15) is 9.59 Å². The Hall–Kier alpha value is -3.08. The zero-order chi connectivity index (χ0) is 21.6. The van der Waals surface area contributed by atoms with Gasteiger partial charge in [-0.3, -0.25) is 4.79 Å². The summed E-state index contributed by atoms with van der Waals surface area (Å²) in [6.07, 6.45) is 6.16. The molecule has 0 radical (unpaired) electrons. The minimum absolute atomic E-state index is 0.0367. The van der Waals surface area contributed by atoms with Crippen LogP contribution in [-0.2, 0) is 16.0 Å². The number of hydrogen-bond donors (Lipinski definition) is 2. The van der Waals surface area contributed by atoms with Crippen molar-refractivity contribution in [3.05, 3.63) is 71.4 Å². The van der Waals surface area contributed by atoms with Gasteiger partial charge in [0.15, 0.2) is 0 Å². The van der Waals surface area contributed by atoms with E-state index in [1.807, 2.05) is 30.3 Å². The van der Waals surface area contributed by atoms with Crippen molar-refractivity contribution in [3.8, 4) is 11.1 Å². The van der Waals surface area contributed by atoms with Crippen molar-refractivity contribution >= 4 is 11.9 Å². The smallest absolute Gasteiger partial charge is 0.338 e. The SMILES string of the molecule is CCCCC1=CC(=O)NC(CC)(Cc2ccc(-c3ccccc3C(=O)OC)cc2)N1. The van der Waals surface area contributed by atoms with Crippen LogP contribution in [0.1, 0.15) is 55.5 Å². The lowest BCUT2D eigenvalue weighted by molar-refractivity contribution is -0.119. The average Bonchev–Trinajstić information content (AvgIpc) is 2.77. The fraction of sp³-hybridized carbons (Fsp3) is 0.360. The molecule has 2 N–H and O–H groups in total. The van der Waals surface area contributed by atoms with Crippen LogP contribution in [0.2, 0.25) is 0 Å². The molecule has 0 aromatic heterocycles. The molecule has 0 aliphatic carbocycles. The van der Waals surface area contributed by atoms with E-state index in [2.05, 4.69) is 36.6 Å². The Morgan fingerprint density at radius 2 is 1.77 bits per heavy atom. The molecular weight excluding hydrogens is 376 g/mol. The lowest BCUT2D eigenvalue weighted by Gasteiger charge is -2.39. The van der Waals surface area contributed by atoms with Crippen molar-refractivity contribution in [1.82, 2.24) is 10.6 Å². The molecule has 1 amide bonds. The third-order valence-corrected chi connectivity index (χ3v) is 5.57. The van der Waals surface area contributed by atoms with Gasteiger partial charge in [0.05, 0.1) is 12.7 Å². The summed E-state index contributed by atoms with van der Waals surface area (Å²) < 4.78 is 4.91. The zero-order valence-electron chi connectivity index (χ0n) is 18.0. The number of esters is 1. The van der Waals surface area contributed by atoms with E-state index < -0.39 is 5.66 Å². The normalized spacial score (nSPS) is 18.2. The minimum Gasteiger partial charge on any atom is -0.465 e. The van der Waals surface area contributed by atoms with E-state index in [1.54, 1.807) is 12.1 Å². The third-order valence-electron chi connectivity index (χ3n) is 5.57. The molecule has 1 atom stereocenters. The first-order chi connectivity index (χ1) is 14.5. The van der Waals surface area contributed by atoms with Crippen molar-refractivity contribution in [3.63, 3.8) is 0 Å². The topological polar surface area (TPSA) is 67.4 Å². The summed E-state index contributed by atoms with van der Waals surface area (Å²) in [6.45, 7) is 4.23. The number of methoxy groups -OCH3 is 1. The van der Waals surface area contributed by atoms with Crippen molar-refractivity contribution in [2.24, 2.45) is 0 Å². The van der Waals surface area contributed by atoms with Gasteiger partial charge in [-0.1, -0.05) is 62.7 Å². The maximum Gasteiger partial charge on any atom is 0.338 e. The summed E-state index contributed by atoms with van der Waals surface area (Å²) in [5, 5.41) is 6.70. The highest BCUT2D eigenvalue weighted by Gasteiger charge is 2.33. The number of unbranched alkanes of at least 4 members (excludes halogenated alkanes) is 1. The second-order valence-electron chi connectivity index (χ2n) is 7.73. The summed E-state index contributed by atoms with van der Waals surface area (Å²) in [6, 6.07) is 15.6. The van der Waals surface area contributed by atoms with Gasteiger partial charge in [0.1, 0.15) is 5.66 Å². The Kier molecular flexibility index (Phi) is 6.93. The summed E-state index contributed by atoms with van der Waals surface area (Å²) in [4.78, 5) is 24.4. The molecule has 3 rings (SSSR count). The lowest BCUT2D eigenvalue weighted by atomic mass is 9.92. The minimum atomic E-state index is -0.486. The van der Waals surface area contributed by atoms with Gasteiger partial charge in [-0.15, -0.1) is 0 Å². The number of benzene rings is 2. The van der Waals surface area contributed by atoms with Crippen LogP contribution in [0.25, 0.3) is 11.1 Å². The van der Waals surface area contributed by atoms with Crippen LogP contribution in [0.3, 0.4) is 0 Å². The molecule has 5 heteroatoms. The van der Waals surface area contributed by atoms with Crippen LogP contribution in [0, 0.1) is 0 Å². The average molecular weight is 407 g/mol. The van der Waals surface area contributed by atoms with Gasteiger partial charge < -0.3 is 15.4 Å². The first-order valence-electron chi connectivity index (χ1n) is 10.6. The second-order valence-corrected chi connectivity index (χ2v) is 7.73. The van der Waals surface area contributed by atoms with Gasteiger partial charge >= 0.3 is 5.97 Å². The Labute approximate surface area is 178 Å². The largest absolute Gasteiger partial charge is 0.465 e. The fourth-order valence-electron chi connectivity index (χ4n) is 3.87. The van der Waals surface area contributed by atoms with Gasteiger partial charge in [-0.05, 0) is 42.0 Å². The van der Waals surface area contributed by atoms with E-state index in [1.165, 1.54) is 7.11 Å². The van der Waals surface area contributed by atoms with E-state index in [-0.39, 0.29) is 11.9 Å². The monoisotopic (exact) mass is 406 g/mol. The van der Waals surface area contributed by atoms with Gasteiger partial charge in [-0.2, -0.15) is 0 Å². The highest BCUT2D eigenvalue weighted by molar-refractivity contribution is 5.97. The molecule has 0 saturated heterocycles. The van der Waals surface area contributed by atoms with Crippen molar-refractivity contribution in [2.45, 2.75) is 51.6 Å². The van der Waals surface area contributed by atoms with E-state index in [4.69, 9.17) is 4.74 Å². The van der Waals surface area contributed by atoms with Crippen LogP contribution in [0.5, 0.6) is 0 Å². The van der Waals surface area contributed by atoms with Crippen LogP contribution in [-0.4, -0.2) is 24.6 Å². The van der Waals surface area contributed by atoms with Crippen molar-refractivity contribution in [2.75, 3.05) is 7.11 Å². The Morgan fingerprint density at radius 3 is 2.43 bits per heavy atom. The lowest BCUT2D eigenvalue weighted by Crippen LogP contribution is -2.61. The Balaban J connectivity index is 1.81. The van der Waals surface area contributed by atoms with Crippen LogP contribution in [0.15, 0.2) is 60.3 Å². The first-order valence-corrected chi connectivity index (χ1v) is 10.6. The predicted molar refractivity (Wildman–Crippen MR) is 119 cm³/mol. The molecule has 158 valence electrons. The van der Waals surface area contributed by atoms with E-state index >= 15 is 0 Å². The number of allylic oxidation sites excluding steroid dienone is 1. The van der Waals surface area contributed by atoms with Gasteiger partial charge in [-0.25, -0.2) is 4.79 Å². The van der Waals surface area contributed by atoms with E-state index in [0.29, 0.717) is 12.0 Å². The molecule has 1 heterocycles. The van der Waals surface area contributed by atoms with Crippen LogP contribution < -0.4 is 10.6 Å².